The molecule has 1 fully saturated rings. The molecule has 4 rings (SSSR count). The van der Waals surface area contributed by atoms with E-state index in [1.807, 2.05) is 30.3 Å². The number of oxazole rings is 1. The predicted molar refractivity (Wildman–Crippen MR) is 93.6 cm³/mol. The van der Waals surface area contributed by atoms with Gasteiger partial charge >= 0.3 is 11.8 Å². The maximum atomic E-state index is 12.1. The second kappa shape index (κ2) is 6.21. The molecule has 134 valence electrons. The molecule has 3 heterocycles. The number of rotatable bonds is 4. The van der Waals surface area contributed by atoms with Gasteiger partial charge in [0, 0.05) is 12.6 Å². The SMILES string of the molecule is CC(=O)NC[C@H]1CN(c2ccc(C3=Cc4coc(=O)n4C3)cc2)C(=O)O1. The summed E-state index contributed by atoms with van der Waals surface area (Å²) in [4.78, 5) is 36.1. The number of benzene rings is 1. The van der Waals surface area contributed by atoms with Crippen LogP contribution in [0.5, 0.6) is 0 Å². The van der Waals surface area contributed by atoms with E-state index in [1.54, 1.807) is 4.57 Å². The lowest BCUT2D eigenvalue weighted by molar-refractivity contribution is -0.119. The summed E-state index contributed by atoms with van der Waals surface area (Å²) in [5, 5.41) is 2.65. The Morgan fingerprint density at radius 3 is 2.73 bits per heavy atom. The zero-order valence-electron chi connectivity index (χ0n) is 14.1. The zero-order chi connectivity index (χ0) is 18.3. The number of hydrogen-bond acceptors (Lipinski definition) is 5. The number of hydrogen-bond donors (Lipinski definition) is 1. The first kappa shape index (κ1) is 16.2. The van der Waals surface area contributed by atoms with Gasteiger partial charge < -0.3 is 14.5 Å². The molecular weight excluding hydrogens is 338 g/mol. The normalized spacial score (nSPS) is 18.5. The number of nitrogens with one attached hydrogen (secondary N) is 1. The summed E-state index contributed by atoms with van der Waals surface area (Å²) >= 11 is 0. The maximum Gasteiger partial charge on any atom is 0.419 e. The van der Waals surface area contributed by atoms with Crippen molar-refractivity contribution >= 4 is 29.3 Å². The van der Waals surface area contributed by atoms with Crippen molar-refractivity contribution in [3.05, 3.63) is 52.3 Å². The van der Waals surface area contributed by atoms with E-state index in [4.69, 9.17) is 9.15 Å². The van der Waals surface area contributed by atoms with Crippen LogP contribution in [0.1, 0.15) is 18.2 Å². The molecule has 1 atom stereocenters. The van der Waals surface area contributed by atoms with Gasteiger partial charge in [-0.1, -0.05) is 12.1 Å². The number of fused-ring (bicyclic) bond motifs is 1. The van der Waals surface area contributed by atoms with Gasteiger partial charge in [0.05, 0.1) is 25.3 Å². The van der Waals surface area contributed by atoms with Gasteiger partial charge in [-0.25, -0.2) is 9.59 Å². The third kappa shape index (κ3) is 2.90. The van der Waals surface area contributed by atoms with Gasteiger partial charge in [0.15, 0.2) is 0 Å². The number of carbonyl (C=O) groups excluding carboxylic acids is 2. The quantitative estimate of drug-likeness (QED) is 0.896. The first-order valence-corrected chi connectivity index (χ1v) is 8.23. The first-order valence-electron chi connectivity index (χ1n) is 8.23. The average Bonchev–Trinajstić information content (AvgIpc) is 3.29. The topological polar surface area (TPSA) is 93.8 Å². The van der Waals surface area contributed by atoms with Crippen LogP contribution in [0.4, 0.5) is 10.5 Å². The Hall–Kier alpha value is -3.29. The second-order valence-electron chi connectivity index (χ2n) is 6.28. The number of anilines is 1. The van der Waals surface area contributed by atoms with Crippen molar-refractivity contribution < 1.29 is 18.7 Å². The van der Waals surface area contributed by atoms with Crippen molar-refractivity contribution in [2.24, 2.45) is 0 Å². The lowest BCUT2D eigenvalue weighted by atomic mass is 10.1. The maximum absolute atomic E-state index is 12.1. The van der Waals surface area contributed by atoms with E-state index in [0.29, 0.717) is 19.6 Å². The Morgan fingerprint density at radius 1 is 1.27 bits per heavy atom. The van der Waals surface area contributed by atoms with E-state index in [-0.39, 0.29) is 17.8 Å². The molecular formula is C18H17N3O5. The third-order valence-corrected chi connectivity index (χ3v) is 4.47. The van der Waals surface area contributed by atoms with Crippen LogP contribution < -0.4 is 16.0 Å². The second-order valence-corrected chi connectivity index (χ2v) is 6.28. The highest BCUT2D eigenvalue weighted by Crippen LogP contribution is 2.28. The molecule has 1 aromatic heterocycles. The third-order valence-electron chi connectivity index (χ3n) is 4.47. The minimum Gasteiger partial charge on any atom is -0.442 e. The lowest BCUT2D eigenvalue weighted by Gasteiger charge is -2.14. The van der Waals surface area contributed by atoms with Crippen LogP contribution in [0.15, 0.2) is 39.7 Å². The fraction of sp³-hybridized carbons (Fsp3) is 0.278. The zero-order valence-corrected chi connectivity index (χ0v) is 14.1. The molecule has 0 aliphatic carbocycles. The number of nitrogens with zero attached hydrogens (tertiary/aromatic N) is 2. The molecule has 2 amide bonds. The smallest absolute Gasteiger partial charge is 0.419 e. The van der Waals surface area contributed by atoms with E-state index < -0.39 is 6.09 Å². The summed E-state index contributed by atoms with van der Waals surface area (Å²) in [7, 11) is 0. The Morgan fingerprint density at radius 2 is 2.04 bits per heavy atom. The standard InChI is InChI=1S/C18H17N3O5/c1-11(22)19-7-16-9-21(18(24)26-16)14-4-2-12(3-5-14)13-6-15-10-25-17(23)20(15)8-13/h2-6,10,16H,7-9H2,1H3,(H,19,22)/t16-/m0/s1. The molecule has 0 unspecified atom stereocenters. The van der Waals surface area contributed by atoms with Crippen molar-refractivity contribution in [3.63, 3.8) is 0 Å². The summed E-state index contributed by atoms with van der Waals surface area (Å²) in [6.45, 7) is 2.57. The molecule has 1 saturated heterocycles. The van der Waals surface area contributed by atoms with Gasteiger partial charge in [-0.2, -0.15) is 0 Å². The van der Waals surface area contributed by atoms with Gasteiger partial charge in [-0.3, -0.25) is 14.3 Å². The van der Waals surface area contributed by atoms with Crippen LogP contribution in [0.2, 0.25) is 0 Å². The van der Waals surface area contributed by atoms with Crippen LogP contribution >= 0.6 is 0 Å². The summed E-state index contributed by atoms with van der Waals surface area (Å²) in [6, 6.07) is 7.50. The monoisotopic (exact) mass is 355 g/mol. The number of ether oxygens (including phenoxy) is 1. The fourth-order valence-electron chi connectivity index (χ4n) is 3.13. The summed E-state index contributed by atoms with van der Waals surface area (Å²) in [5.41, 5.74) is 3.45. The largest absolute Gasteiger partial charge is 0.442 e. The highest BCUT2D eigenvalue weighted by Gasteiger charge is 2.32. The van der Waals surface area contributed by atoms with E-state index >= 15 is 0 Å². The summed E-state index contributed by atoms with van der Waals surface area (Å²) in [5.74, 6) is -0.527. The molecule has 0 spiro atoms. The number of cyclic esters (lactones) is 1. The number of carbonyl (C=O) groups is 2. The summed E-state index contributed by atoms with van der Waals surface area (Å²) in [6.07, 6.45) is 2.56. The predicted octanol–water partition coefficient (Wildman–Crippen LogP) is 1.46. The minimum atomic E-state index is -0.429. The van der Waals surface area contributed by atoms with Gasteiger partial charge in [-0.15, -0.1) is 0 Å². The molecule has 26 heavy (non-hydrogen) atoms. The van der Waals surface area contributed by atoms with Gasteiger partial charge in [0.2, 0.25) is 5.91 Å². The molecule has 0 saturated carbocycles. The molecule has 1 N–H and O–H groups in total. The van der Waals surface area contributed by atoms with E-state index in [1.165, 1.54) is 18.1 Å². The summed E-state index contributed by atoms with van der Waals surface area (Å²) < 4.78 is 11.7. The van der Waals surface area contributed by atoms with E-state index in [9.17, 15) is 14.4 Å². The van der Waals surface area contributed by atoms with Crippen molar-refractivity contribution in [1.82, 2.24) is 9.88 Å². The molecule has 0 radical (unpaired) electrons. The average molecular weight is 355 g/mol. The van der Waals surface area contributed by atoms with Crippen LogP contribution in [0.3, 0.4) is 0 Å². The number of aromatic nitrogens is 1. The molecule has 2 aliphatic rings. The van der Waals surface area contributed by atoms with Crippen LogP contribution in [0, 0.1) is 0 Å². The van der Waals surface area contributed by atoms with Crippen LogP contribution in [-0.4, -0.2) is 35.8 Å². The number of allylic oxidation sites excluding steroid dienone is 1. The van der Waals surface area contributed by atoms with E-state index in [0.717, 1.165) is 22.5 Å². The minimum absolute atomic E-state index is 0.159. The van der Waals surface area contributed by atoms with Gasteiger partial charge in [0.25, 0.3) is 0 Å². The highest BCUT2D eigenvalue weighted by atomic mass is 16.6. The highest BCUT2D eigenvalue weighted by molar-refractivity contribution is 5.90. The van der Waals surface area contributed by atoms with Gasteiger partial charge in [-0.05, 0) is 29.3 Å². The molecule has 1 aromatic carbocycles. The van der Waals surface area contributed by atoms with Crippen LogP contribution in [0.25, 0.3) is 11.6 Å². The fourth-order valence-corrected chi connectivity index (χ4v) is 3.13. The Bertz CT molecular complexity index is 954. The van der Waals surface area contributed by atoms with Crippen molar-refractivity contribution in [2.45, 2.75) is 19.6 Å². The molecule has 0 bridgehead atoms. The molecule has 2 aromatic rings. The Kier molecular flexibility index (Phi) is 3.87. The van der Waals surface area contributed by atoms with Crippen molar-refractivity contribution in [1.29, 1.82) is 0 Å². The van der Waals surface area contributed by atoms with Crippen molar-refractivity contribution in [2.75, 3.05) is 18.0 Å². The first-order chi connectivity index (χ1) is 12.5. The van der Waals surface area contributed by atoms with Crippen LogP contribution in [-0.2, 0) is 16.1 Å². The number of amides is 2. The Labute approximate surface area is 148 Å². The molecule has 8 heteroatoms. The van der Waals surface area contributed by atoms with Crippen molar-refractivity contribution in [3.8, 4) is 0 Å². The Balaban J connectivity index is 1.46. The van der Waals surface area contributed by atoms with Gasteiger partial charge in [0.1, 0.15) is 12.4 Å². The molecule has 2 aliphatic heterocycles. The van der Waals surface area contributed by atoms with E-state index in [2.05, 4.69) is 5.32 Å². The molecule has 8 nitrogen and oxygen atoms in total. The lowest BCUT2D eigenvalue weighted by Crippen LogP contribution is -2.33.